The largest absolute Gasteiger partial charge is 0.417 e. The fraction of sp³-hybridized carbons (Fsp3) is 0.333. The number of anilines is 1. The molecule has 1 amide bonds. The molecule has 1 N–H and O–H groups in total. The molecule has 11 heteroatoms. The summed E-state index contributed by atoms with van der Waals surface area (Å²) in [6.45, 7) is 4.09. The molecule has 35 heavy (non-hydrogen) atoms. The molecule has 0 saturated heterocycles. The van der Waals surface area contributed by atoms with Crippen LogP contribution in [0.25, 0.3) is 16.6 Å². The molecule has 0 radical (unpaired) electrons. The van der Waals surface area contributed by atoms with Gasteiger partial charge in [0.2, 0.25) is 5.91 Å². The zero-order chi connectivity index (χ0) is 25.5. The Kier molecular flexibility index (Phi) is 6.59. The van der Waals surface area contributed by atoms with Crippen molar-refractivity contribution in [2.45, 2.75) is 32.5 Å². The molecule has 0 bridgehead atoms. The van der Waals surface area contributed by atoms with E-state index in [0.29, 0.717) is 41.9 Å². The zero-order valence-corrected chi connectivity index (χ0v) is 20.0. The first-order valence-corrected chi connectivity index (χ1v) is 11.3. The maximum absolute atomic E-state index is 13.3. The second kappa shape index (κ2) is 9.33. The van der Waals surface area contributed by atoms with Gasteiger partial charge in [0, 0.05) is 32.6 Å². The van der Waals surface area contributed by atoms with Gasteiger partial charge in [0.05, 0.1) is 22.0 Å². The highest BCUT2D eigenvalue weighted by atomic mass is 35.5. The number of rotatable bonds is 4. The zero-order valence-electron chi connectivity index (χ0n) is 19.3. The first-order valence-electron chi connectivity index (χ1n) is 10.9. The Morgan fingerprint density at radius 3 is 2.63 bits per heavy atom. The summed E-state index contributed by atoms with van der Waals surface area (Å²) in [5.41, 5.74) is 0.766. The topological polar surface area (TPSA) is 80.1 Å². The van der Waals surface area contributed by atoms with Gasteiger partial charge in [0.1, 0.15) is 17.8 Å². The highest BCUT2D eigenvalue weighted by Crippen LogP contribution is 2.38. The van der Waals surface area contributed by atoms with Gasteiger partial charge < -0.3 is 10.2 Å². The molecular weight excluding hydrogens is 483 g/mol. The van der Waals surface area contributed by atoms with Crippen LogP contribution in [-0.4, -0.2) is 38.4 Å². The highest BCUT2D eigenvalue weighted by Gasteiger charge is 2.34. The average Bonchev–Trinajstić information content (AvgIpc) is 2.81. The molecule has 0 fully saturated rings. The number of hydrogen-bond acceptors (Lipinski definition) is 5. The summed E-state index contributed by atoms with van der Waals surface area (Å²) >= 11 is 6.11. The van der Waals surface area contributed by atoms with Gasteiger partial charge in [-0.2, -0.15) is 13.2 Å². The first kappa shape index (κ1) is 24.7. The van der Waals surface area contributed by atoms with Gasteiger partial charge in [-0.25, -0.2) is 9.97 Å². The monoisotopic (exact) mass is 505 g/mol. The van der Waals surface area contributed by atoms with Crippen LogP contribution in [0.3, 0.4) is 0 Å². The SMILES string of the molecule is CC(=O)N1CC=C(c2cc3c(N[C@H](C)c4cccc(C(F)(F)F)c4Cl)ncnc3n(C)c2=O)CC1. The predicted molar refractivity (Wildman–Crippen MR) is 128 cm³/mol. The summed E-state index contributed by atoms with van der Waals surface area (Å²) in [6.07, 6.45) is -0.912. The number of halogens is 4. The molecule has 0 spiro atoms. The molecule has 2 aromatic heterocycles. The normalized spacial score (nSPS) is 15.2. The van der Waals surface area contributed by atoms with Crippen molar-refractivity contribution in [3.05, 3.63) is 68.7 Å². The molecule has 0 saturated carbocycles. The van der Waals surface area contributed by atoms with Crippen LogP contribution in [0.1, 0.15) is 43.0 Å². The number of nitrogens with one attached hydrogen (secondary N) is 1. The van der Waals surface area contributed by atoms with E-state index in [2.05, 4.69) is 15.3 Å². The standard InChI is InChI=1S/C24H23ClF3N5O2/c1-13(16-5-4-6-19(20(16)25)24(26,27)28)31-21-18-11-17(15-7-9-33(10-8-15)14(2)34)23(35)32(3)22(18)30-12-29-21/h4-7,11-13H,8-10H2,1-3H3,(H,29,30,31)/t13-/m1/s1. The van der Waals surface area contributed by atoms with Crippen molar-refractivity contribution in [1.29, 1.82) is 0 Å². The summed E-state index contributed by atoms with van der Waals surface area (Å²) in [6, 6.07) is 4.83. The van der Waals surface area contributed by atoms with Crippen molar-refractivity contribution in [2.24, 2.45) is 7.05 Å². The second-order valence-electron chi connectivity index (χ2n) is 8.40. The van der Waals surface area contributed by atoms with Crippen molar-refractivity contribution >= 4 is 39.9 Å². The molecule has 7 nitrogen and oxygen atoms in total. The fourth-order valence-corrected chi connectivity index (χ4v) is 4.60. The third-order valence-corrected chi connectivity index (χ3v) is 6.58. The molecule has 1 atom stereocenters. The maximum Gasteiger partial charge on any atom is 0.417 e. The Morgan fingerprint density at radius 2 is 2.00 bits per heavy atom. The minimum absolute atomic E-state index is 0.0335. The number of fused-ring (bicyclic) bond motifs is 1. The lowest BCUT2D eigenvalue weighted by atomic mass is 9.99. The van der Waals surface area contributed by atoms with E-state index in [1.54, 1.807) is 24.9 Å². The van der Waals surface area contributed by atoms with Crippen LogP contribution in [0.5, 0.6) is 0 Å². The highest BCUT2D eigenvalue weighted by molar-refractivity contribution is 6.32. The van der Waals surface area contributed by atoms with Crippen LogP contribution in [0.15, 0.2) is 41.5 Å². The number of hydrogen-bond donors (Lipinski definition) is 1. The van der Waals surface area contributed by atoms with Gasteiger partial charge in [0.25, 0.3) is 5.56 Å². The number of benzene rings is 1. The van der Waals surface area contributed by atoms with E-state index < -0.39 is 17.8 Å². The Bertz CT molecular complexity index is 1400. The molecule has 3 heterocycles. The van der Waals surface area contributed by atoms with Crippen LogP contribution < -0.4 is 10.9 Å². The van der Waals surface area contributed by atoms with Crippen LogP contribution in [0.2, 0.25) is 5.02 Å². The number of aryl methyl sites for hydroxylation is 1. The smallest absolute Gasteiger partial charge is 0.363 e. The van der Waals surface area contributed by atoms with Gasteiger partial charge >= 0.3 is 6.18 Å². The van der Waals surface area contributed by atoms with E-state index in [1.165, 1.54) is 30.0 Å². The molecule has 1 aromatic carbocycles. The third-order valence-electron chi connectivity index (χ3n) is 6.16. The van der Waals surface area contributed by atoms with Crippen molar-refractivity contribution in [1.82, 2.24) is 19.4 Å². The van der Waals surface area contributed by atoms with E-state index in [-0.39, 0.29) is 22.1 Å². The van der Waals surface area contributed by atoms with Gasteiger partial charge in [0.15, 0.2) is 0 Å². The Morgan fingerprint density at radius 1 is 1.26 bits per heavy atom. The lowest BCUT2D eigenvalue weighted by Crippen LogP contribution is -2.33. The molecular formula is C24H23ClF3N5O2. The molecule has 0 aliphatic carbocycles. The maximum atomic E-state index is 13.3. The van der Waals surface area contributed by atoms with Crippen molar-refractivity contribution in [3.8, 4) is 0 Å². The molecule has 4 rings (SSSR count). The van der Waals surface area contributed by atoms with Crippen LogP contribution >= 0.6 is 11.6 Å². The minimum atomic E-state index is -4.58. The lowest BCUT2D eigenvalue weighted by molar-refractivity contribution is -0.137. The summed E-state index contributed by atoms with van der Waals surface area (Å²) in [4.78, 5) is 34.9. The van der Waals surface area contributed by atoms with Crippen LogP contribution in [0, 0.1) is 0 Å². The van der Waals surface area contributed by atoms with Gasteiger partial charge in [-0.05, 0) is 36.6 Å². The second-order valence-corrected chi connectivity index (χ2v) is 8.78. The Labute approximate surface area is 204 Å². The van der Waals surface area contributed by atoms with E-state index in [1.807, 2.05) is 6.08 Å². The van der Waals surface area contributed by atoms with Crippen molar-refractivity contribution < 1.29 is 18.0 Å². The van der Waals surface area contributed by atoms with Gasteiger partial charge in [-0.1, -0.05) is 29.8 Å². The first-order chi connectivity index (χ1) is 16.5. The number of pyridine rings is 1. The molecule has 0 unspecified atom stereocenters. The average molecular weight is 506 g/mol. The summed E-state index contributed by atoms with van der Waals surface area (Å²) in [5, 5.41) is 3.28. The van der Waals surface area contributed by atoms with E-state index in [0.717, 1.165) is 11.6 Å². The van der Waals surface area contributed by atoms with E-state index in [4.69, 9.17) is 11.6 Å². The number of aromatic nitrogens is 3. The molecule has 3 aromatic rings. The van der Waals surface area contributed by atoms with Gasteiger partial charge in [-0.3, -0.25) is 14.2 Å². The number of nitrogens with zero attached hydrogens (tertiary/aromatic N) is 4. The number of alkyl halides is 3. The summed E-state index contributed by atoms with van der Waals surface area (Å²) in [7, 11) is 1.60. The fourth-order valence-electron chi connectivity index (χ4n) is 4.20. The molecule has 184 valence electrons. The third kappa shape index (κ3) is 4.75. The van der Waals surface area contributed by atoms with Crippen molar-refractivity contribution in [3.63, 3.8) is 0 Å². The van der Waals surface area contributed by atoms with Crippen molar-refractivity contribution in [2.75, 3.05) is 18.4 Å². The number of carbonyl (C=O) groups excluding carboxylic acids is 1. The predicted octanol–water partition coefficient (Wildman–Crippen LogP) is 4.81. The molecule has 1 aliphatic rings. The molecule has 1 aliphatic heterocycles. The van der Waals surface area contributed by atoms with Gasteiger partial charge in [-0.15, -0.1) is 0 Å². The number of carbonyl (C=O) groups is 1. The Hall–Kier alpha value is -3.40. The summed E-state index contributed by atoms with van der Waals surface area (Å²) in [5.74, 6) is 0.323. The summed E-state index contributed by atoms with van der Waals surface area (Å²) < 4.78 is 41.4. The number of amides is 1. The van der Waals surface area contributed by atoms with Crippen LogP contribution in [-0.2, 0) is 18.0 Å². The van der Waals surface area contributed by atoms with E-state index >= 15 is 0 Å². The Balaban J connectivity index is 1.75. The van der Waals surface area contributed by atoms with Crippen LogP contribution in [0.4, 0.5) is 19.0 Å². The lowest BCUT2D eigenvalue weighted by Gasteiger charge is -2.25. The quantitative estimate of drug-likeness (QED) is 0.550. The minimum Gasteiger partial charge on any atom is -0.363 e. The van der Waals surface area contributed by atoms with E-state index in [9.17, 15) is 22.8 Å².